The largest absolute Gasteiger partial charge is 0.497 e. The number of benzene rings is 2. The lowest BCUT2D eigenvalue weighted by atomic mass is 10.1. The lowest BCUT2D eigenvalue weighted by molar-refractivity contribution is 0.102. The molecule has 1 amide bonds. The van der Waals surface area contributed by atoms with E-state index in [-0.39, 0.29) is 5.91 Å². The van der Waals surface area contributed by atoms with Crippen LogP contribution in [0.15, 0.2) is 42.5 Å². The summed E-state index contributed by atoms with van der Waals surface area (Å²) >= 11 is 0. The van der Waals surface area contributed by atoms with Crippen LogP contribution in [0.3, 0.4) is 0 Å². The SMILES string of the molecule is COc1ccc(C(=O)Nc2cccc(N(C)C)c2)c(N)c1. The predicted molar refractivity (Wildman–Crippen MR) is 86.1 cm³/mol. The van der Waals surface area contributed by atoms with Crippen LogP contribution < -0.4 is 20.7 Å². The van der Waals surface area contributed by atoms with Crippen LogP contribution in [-0.2, 0) is 0 Å². The van der Waals surface area contributed by atoms with Crippen molar-refractivity contribution >= 4 is 23.0 Å². The zero-order valence-electron chi connectivity index (χ0n) is 12.4. The quantitative estimate of drug-likeness (QED) is 0.847. The number of hydrogen-bond acceptors (Lipinski definition) is 4. The molecule has 21 heavy (non-hydrogen) atoms. The Morgan fingerprint density at radius 3 is 2.57 bits per heavy atom. The maximum Gasteiger partial charge on any atom is 0.257 e. The van der Waals surface area contributed by atoms with E-state index in [1.54, 1.807) is 25.3 Å². The van der Waals surface area contributed by atoms with Crippen LogP contribution in [0, 0.1) is 0 Å². The third-order valence-electron chi connectivity index (χ3n) is 3.12. The first-order valence-corrected chi connectivity index (χ1v) is 6.53. The number of hydrogen-bond donors (Lipinski definition) is 2. The molecular weight excluding hydrogens is 266 g/mol. The first-order valence-electron chi connectivity index (χ1n) is 6.53. The summed E-state index contributed by atoms with van der Waals surface area (Å²) in [5, 5.41) is 2.85. The molecule has 0 spiro atoms. The lowest BCUT2D eigenvalue weighted by Crippen LogP contribution is -2.15. The molecule has 3 N–H and O–H groups in total. The molecule has 2 aromatic rings. The highest BCUT2D eigenvalue weighted by Gasteiger charge is 2.11. The zero-order valence-corrected chi connectivity index (χ0v) is 12.4. The normalized spacial score (nSPS) is 10.0. The monoisotopic (exact) mass is 285 g/mol. The topological polar surface area (TPSA) is 67.6 Å². The Kier molecular flexibility index (Phi) is 4.33. The fraction of sp³-hybridized carbons (Fsp3) is 0.188. The molecule has 0 bridgehead atoms. The summed E-state index contributed by atoms with van der Waals surface area (Å²) in [6.45, 7) is 0. The van der Waals surface area contributed by atoms with Gasteiger partial charge in [-0.1, -0.05) is 6.07 Å². The Hall–Kier alpha value is -2.69. The van der Waals surface area contributed by atoms with E-state index in [4.69, 9.17) is 10.5 Å². The number of nitrogens with one attached hydrogen (secondary N) is 1. The number of carbonyl (C=O) groups excluding carboxylic acids is 1. The van der Waals surface area contributed by atoms with Gasteiger partial charge < -0.3 is 20.7 Å². The van der Waals surface area contributed by atoms with Gasteiger partial charge in [0.25, 0.3) is 5.91 Å². The van der Waals surface area contributed by atoms with Gasteiger partial charge in [0.05, 0.1) is 12.7 Å². The van der Waals surface area contributed by atoms with Gasteiger partial charge in [-0.05, 0) is 30.3 Å². The van der Waals surface area contributed by atoms with Crippen molar-refractivity contribution in [2.45, 2.75) is 0 Å². The maximum absolute atomic E-state index is 12.3. The van der Waals surface area contributed by atoms with Gasteiger partial charge in [0.15, 0.2) is 0 Å². The van der Waals surface area contributed by atoms with E-state index in [1.165, 1.54) is 0 Å². The molecule has 0 aliphatic rings. The van der Waals surface area contributed by atoms with Crippen molar-refractivity contribution in [2.24, 2.45) is 0 Å². The molecule has 5 nitrogen and oxygen atoms in total. The minimum atomic E-state index is -0.244. The van der Waals surface area contributed by atoms with Gasteiger partial charge in [-0.15, -0.1) is 0 Å². The van der Waals surface area contributed by atoms with Crippen LogP contribution in [0.4, 0.5) is 17.1 Å². The van der Waals surface area contributed by atoms with Gasteiger partial charge in [0.1, 0.15) is 5.75 Å². The van der Waals surface area contributed by atoms with Crippen LogP contribution in [0.1, 0.15) is 10.4 Å². The Morgan fingerprint density at radius 2 is 1.95 bits per heavy atom. The Bertz CT molecular complexity index is 654. The molecule has 0 fully saturated rings. The molecule has 0 aliphatic heterocycles. The van der Waals surface area contributed by atoms with Gasteiger partial charge >= 0.3 is 0 Å². The highest BCUT2D eigenvalue weighted by molar-refractivity contribution is 6.08. The summed E-state index contributed by atoms with van der Waals surface area (Å²) in [4.78, 5) is 14.2. The highest BCUT2D eigenvalue weighted by Crippen LogP contribution is 2.22. The van der Waals surface area contributed by atoms with Gasteiger partial charge in [0.2, 0.25) is 0 Å². The van der Waals surface area contributed by atoms with Crippen LogP contribution >= 0.6 is 0 Å². The second-order valence-corrected chi connectivity index (χ2v) is 4.85. The average Bonchev–Trinajstić information content (AvgIpc) is 2.47. The summed E-state index contributed by atoms with van der Waals surface area (Å²) in [6, 6.07) is 12.6. The minimum absolute atomic E-state index is 0.244. The second-order valence-electron chi connectivity index (χ2n) is 4.85. The maximum atomic E-state index is 12.3. The summed E-state index contributed by atoms with van der Waals surface area (Å²) in [5.41, 5.74) is 8.42. The molecule has 0 radical (unpaired) electrons. The molecule has 0 aliphatic carbocycles. The zero-order chi connectivity index (χ0) is 15.4. The van der Waals surface area contributed by atoms with Crippen LogP contribution in [-0.4, -0.2) is 27.1 Å². The second kappa shape index (κ2) is 6.17. The molecule has 0 saturated heterocycles. The Balaban J connectivity index is 2.20. The van der Waals surface area contributed by atoms with E-state index >= 15 is 0 Å². The summed E-state index contributed by atoms with van der Waals surface area (Å²) in [7, 11) is 5.45. The van der Waals surface area contributed by atoms with Gasteiger partial charge in [0, 0.05) is 37.2 Å². The number of anilines is 3. The van der Waals surface area contributed by atoms with E-state index in [2.05, 4.69) is 5.32 Å². The fourth-order valence-electron chi connectivity index (χ4n) is 1.93. The van der Waals surface area contributed by atoms with Crippen molar-refractivity contribution in [2.75, 3.05) is 37.2 Å². The highest BCUT2D eigenvalue weighted by atomic mass is 16.5. The van der Waals surface area contributed by atoms with Crippen molar-refractivity contribution < 1.29 is 9.53 Å². The molecular formula is C16H19N3O2. The number of methoxy groups -OCH3 is 1. The van der Waals surface area contributed by atoms with Gasteiger partial charge in [-0.3, -0.25) is 4.79 Å². The smallest absolute Gasteiger partial charge is 0.257 e. The molecule has 0 saturated carbocycles. The van der Waals surface area contributed by atoms with Crippen LogP contribution in [0.2, 0.25) is 0 Å². The number of rotatable bonds is 4. The van der Waals surface area contributed by atoms with Crippen molar-refractivity contribution in [3.05, 3.63) is 48.0 Å². The number of nitrogens with two attached hydrogens (primary N) is 1. The van der Waals surface area contributed by atoms with E-state index in [0.29, 0.717) is 17.0 Å². The third kappa shape index (κ3) is 3.45. The van der Waals surface area contributed by atoms with Gasteiger partial charge in [-0.2, -0.15) is 0 Å². The predicted octanol–water partition coefficient (Wildman–Crippen LogP) is 2.60. The minimum Gasteiger partial charge on any atom is -0.497 e. The molecule has 0 heterocycles. The van der Waals surface area contributed by atoms with Crippen LogP contribution in [0.25, 0.3) is 0 Å². The number of nitrogens with zero attached hydrogens (tertiary/aromatic N) is 1. The molecule has 110 valence electrons. The summed E-state index contributed by atoms with van der Waals surface area (Å²) < 4.78 is 5.07. The number of amides is 1. The van der Waals surface area contributed by atoms with Crippen molar-refractivity contribution in [3.8, 4) is 5.75 Å². The number of carbonyl (C=O) groups is 1. The lowest BCUT2D eigenvalue weighted by Gasteiger charge is -2.14. The molecule has 0 atom stereocenters. The first-order chi connectivity index (χ1) is 10.0. The Morgan fingerprint density at radius 1 is 1.19 bits per heavy atom. The van der Waals surface area contributed by atoms with E-state index < -0.39 is 0 Å². The standard InChI is InChI=1S/C16H19N3O2/c1-19(2)12-6-4-5-11(9-12)18-16(20)14-8-7-13(21-3)10-15(14)17/h4-10H,17H2,1-3H3,(H,18,20). The number of nitrogen functional groups attached to an aromatic ring is 1. The fourth-order valence-corrected chi connectivity index (χ4v) is 1.93. The molecule has 2 aromatic carbocycles. The van der Waals surface area contributed by atoms with E-state index in [9.17, 15) is 4.79 Å². The van der Waals surface area contributed by atoms with E-state index in [1.807, 2.05) is 43.3 Å². The molecule has 0 aromatic heterocycles. The first kappa shape index (κ1) is 14.7. The van der Waals surface area contributed by atoms with Crippen molar-refractivity contribution in [1.82, 2.24) is 0 Å². The average molecular weight is 285 g/mol. The molecule has 5 heteroatoms. The van der Waals surface area contributed by atoms with Crippen molar-refractivity contribution in [3.63, 3.8) is 0 Å². The summed E-state index contributed by atoms with van der Waals surface area (Å²) in [5.74, 6) is 0.379. The summed E-state index contributed by atoms with van der Waals surface area (Å²) in [6.07, 6.45) is 0. The van der Waals surface area contributed by atoms with E-state index in [0.717, 1.165) is 11.4 Å². The number of ether oxygens (including phenoxy) is 1. The van der Waals surface area contributed by atoms with Gasteiger partial charge in [-0.25, -0.2) is 0 Å². The van der Waals surface area contributed by atoms with Crippen molar-refractivity contribution in [1.29, 1.82) is 0 Å². The molecule has 0 unspecified atom stereocenters. The third-order valence-corrected chi connectivity index (χ3v) is 3.12. The molecule has 2 rings (SSSR count). The van der Waals surface area contributed by atoms with Crippen LogP contribution in [0.5, 0.6) is 5.75 Å². The Labute approximate surface area is 124 Å².